The van der Waals surface area contributed by atoms with Gasteiger partial charge >= 0.3 is 0 Å². The number of aliphatic hydroxyl groups excluding tert-OH is 1. The highest BCUT2D eigenvalue weighted by Gasteiger charge is 2.32. The van der Waals surface area contributed by atoms with Crippen molar-refractivity contribution in [2.45, 2.75) is 69.6 Å². The van der Waals surface area contributed by atoms with E-state index in [1.54, 1.807) is 0 Å². The van der Waals surface area contributed by atoms with Crippen molar-refractivity contribution in [3.05, 3.63) is 0 Å². The number of hydrogen-bond donors (Lipinski definition) is 1. The molecular formula is C12H23NO. The van der Waals surface area contributed by atoms with Crippen LogP contribution in [0.25, 0.3) is 0 Å². The Bertz CT molecular complexity index is 177. The highest BCUT2D eigenvalue weighted by molar-refractivity contribution is 4.87. The van der Waals surface area contributed by atoms with E-state index in [2.05, 4.69) is 11.9 Å². The Morgan fingerprint density at radius 2 is 1.64 bits per heavy atom. The van der Waals surface area contributed by atoms with Crippen LogP contribution in [0.1, 0.15) is 51.4 Å². The number of likely N-dealkylation sites (N-methyl/N-ethyl adjacent to an activating group) is 1. The molecule has 2 nitrogen and oxygen atoms in total. The third-order valence-electron chi connectivity index (χ3n) is 4.12. The van der Waals surface area contributed by atoms with E-state index < -0.39 is 0 Å². The Morgan fingerprint density at radius 3 is 2.21 bits per heavy atom. The van der Waals surface area contributed by atoms with Crippen LogP contribution in [0.5, 0.6) is 0 Å². The SMILES string of the molecule is CN(C1CCCCC1)[C@@H]1CCC[C@H]1O. The third kappa shape index (κ3) is 2.12. The van der Waals surface area contributed by atoms with Gasteiger partial charge in [0.15, 0.2) is 0 Å². The molecular weight excluding hydrogens is 174 g/mol. The lowest BCUT2D eigenvalue weighted by Gasteiger charge is -2.36. The van der Waals surface area contributed by atoms with Gasteiger partial charge in [-0.2, -0.15) is 0 Å². The third-order valence-corrected chi connectivity index (χ3v) is 4.12. The molecule has 2 heteroatoms. The number of hydrogen-bond acceptors (Lipinski definition) is 2. The summed E-state index contributed by atoms with van der Waals surface area (Å²) in [5.41, 5.74) is 0. The van der Waals surface area contributed by atoms with Gasteiger partial charge in [-0.3, -0.25) is 4.90 Å². The number of rotatable bonds is 2. The maximum Gasteiger partial charge on any atom is 0.0695 e. The average Bonchev–Trinajstić information content (AvgIpc) is 2.65. The molecule has 0 spiro atoms. The van der Waals surface area contributed by atoms with Crippen molar-refractivity contribution in [2.24, 2.45) is 0 Å². The summed E-state index contributed by atoms with van der Waals surface area (Å²) in [7, 11) is 2.22. The fraction of sp³-hybridized carbons (Fsp3) is 1.00. The lowest BCUT2D eigenvalue weighted by molar-refractivity contribution is 0.0499. The van der Waals surface area contributed by atoms with Crippen molar-refractivity contribution < 1.29 is 5.11 Å². The molecule has 0 unspecified atom stereocenters. The van der Waals surface area contributed by atoms with Gasteiger partial charge in [0.05, 0.1) is 6.10 Å². The smallest absolute Gasteiger partial charge is 0.0695 e. The number of aliphatic hydroxyl groups is 1. The Labute approximate surface area is 87.3 Å². The van der Waals surface area contributed by atoms with Crippen LogP contribution in [0, 0.1) is 0 Å². The van der Waals surface area contributed by atoms with Crippen LogP contribution in [-0.2, 0) is 0 Å². The second-order valence-corrected chi connectivity index (χ2v) is 5.02. The van der Waals surface area contributed by atoms with E-state index in [0.717, 1.165) is 12.5 Å². The first kappa shape index (κ1) is 10.4. The van der Waals surface area contributed by atoms with E-state index in [0.29, 0.717) is 6.04 Å². The monoisotopic (exact) mass is 197 g/mol. The normalized spacial score (nSPS) is 35.4. The van der Waals surface area contributed by atoms with Crippen molar-refractivity contribution in [1.82, 2.24) is 4.90 Å². The molecule has 2 saturated carbocycles. The van der Waals surface area contributed by atoms with Crippen LogP contribution in [-0.4, -0.2) is 35.2 Å². The van der Waals surface area contributed by atoms with Gasteiger partial charge < -0.3 is 5.11 Å². The molecule has 2 rings (SSSR count). The summed E-state index contributed by atoms with van der Waals surface area (Å²) in [6, 6.07) is 1.21. The molecule has 0 bridgehead atoms. The Morgan fingerprint density at radius 1 is 0.929 bits per heavy atom. The van der Waals surface area contributed by atoms with Gasteiger partial charge in [0.1, 0.15) is 0 Å². The first-order valence-electron chi connectivity index (χ1n) is 6.19. The summed E-state index contributed by atoms with van der Waals surface area (Å²) in [4.78, 5) is 2.47. The fourth-order valence-electron chi connectivity index (χ4n) is 3.16. The molecule has 0 aromatic heterocycles. The summed E-state index contributed by atoms with van der Waals surface area (Å²) in [5.74, 6) is 0. The van der Waals surface area contributed by atoms with E-state index in [1.807, 2.05) is 0 Å². The molecule has 2 aliphatic carbocycles. The molecule has 2 fully saturated rings. The van der Waals surface area contributed by atoms with Gasteiger partial charge in [-0.15, -0.1) is 0 Å². The largest absolute Gasteiger partial charge is 0.391 e. The topological polar surface area (TPSA) is 23.5 Å². The first-order valence-corrected chi connectivity index (χ1v) is 6.19. The summed E-state index contributed by atoms with van der Waals surface area (Å²) in [6.45, 7) is 0. The van der Waals surface area contributed by atoms with Crippen LogP contribution in [0.15, 0.2) is 0 Å². The molecule has 2 atom stereocenters. The highest BCUT2D eigenvalue weighted by atomic mass is 16.3. The summed E-state index contributed by atoms with van der Waals surface area (Å²) < 4.78 is 0. The molecule has 0 saturated heterocycles. The molecule has 82 valence electrons. The Hall–Kier alpha value is -0.0800. The van der Waals surface area contributed by atoms with Crippen molar-refractivity contribution in [3.63, 3.8) is 0 Å². The van der Waals surface area contributed by atoms with E-state index in [-0.39, 0.29) is 6.10 Å². The van der Waals surface area contributed by atoms with E-state index in [1.165, 1.54) is 44.9 Å². The highest BCUT2D eigenvalue weighted by Crippen LogP contribution is 2.29. The minimum absolute atomic E-state index is 0.0538. The van der Waals surface area contributed by atoms with Gasteiger partial charge in [-0.1, -0.05) is 19.3 Å². The van der Waals surface area contributed by atoms with E-state index in [4.69, 9.17) is 0 Å². The maximum atomic E-state index is 9.85. The summed E-state index contributed by atoms with van der Waals surface area (Å²) in [5, 5.41) is 9.85. The molecule has 0 amide bonds. The van der Waals surface area contributed by atoms with Crippen molar-refractivity contribution in [1.29, 1.82) is 0 Å². The zero-order chi connectivity index (χ0) is 9.97. The Kier molecular flexibility index (Phi) is 3.45. The Balaban J connectivity index is 1.89. The zero-order valence-corrected chi connectivity index (χ0v) is 9.28. The van der Waals surface area contributed by atoms with Gasteiger partial charge in [-0.25, -0.2) is 0 Å². The molecule has 1 N–H and O–H groups in total. The standard InChI is InChI=1S/C12H23NO/c1-13(10-6-3-2-4-7-10)11-8-5-9-12(11)14/h10-12,14H,2-9H2,1H3/t11-,12-/m1/s1. The molecule has 0 aromatic carbocycles. The molecule has 2 aliphatic rings. The zero-order valence-electron chi connectivity index (χ0n) is 9.28. The minimum Gasteiger partial charge on any atom is -0.391 e. The van der Waals surface area contributed by atoms with Crippen LogP contribution >= 0.6 is 0 Å². The molecule has 14 heavy (non-hydrogen) atoms. The van der Waals surface area contributed by atoms with Gasteiger partial charge in [-0.05, 0) is 39.2 Å². The average molecular weight is 197 g/mol. The van der Waals surface area contributed by atoms with Crippen molar-refractivity contribution >= 4 is 0 Å². The van der Waals surface area contributed by atoms with E-state index in [9.17, 15) is 5.11 Å². The first-order chi connectivity index (χ1) is 6.79. The van der Waals surface area contributed by atoms with E-state index >= 15 is 0 Å². The minimum atomic E-state index is -0.0538. The lowest BCUT2D eigenvalue weighted by atomic mass is 9.93. The molecule has 0 radical (unpaired) electrons. The van der Waals surface area contributed by atoms with Crippen LogP contribution in [0.2, 0.25) is 0 Å². The molecule has 0 aliphatic heterocycles. The summed E-state index contributed by atoms with van der Waals surface area (Å²) >= 11 is 0. The molecule has 0 heterocycles. The predicted molar refractivity (Wildman–Crippen MR) is 58.3 cm³/mol. The lowest BCUT2D eigenvalue weighted by Crippen LogP contribution is -2.44. The van der Waals surface area contributed by atoms with Crippen molar-refractivity contribution in [2.75, 3.05) is 7.05 Å². The molecule has 0 aromatic rings. The van der Waals surface area contributed by atoms with Crippen LogP contribution in [0.3, 0.4) is 0 Å². The van der Waals surface area contributed by atoms with Crippen LogP contribution in [0.4, 0.5) is 0 Å². The van der Waals surface area contributed by atoms with Gasteiger partial charge in [0.2, 0.25) is 0 Å². The second-order valence-electron chi connectivity index (χ2n) is 5.02. The van der Waals surface area contributed by atoms with Gasteiger partial charge in [0, 0.05) is 12.1 Å². The summed E-state index contributed by atoms with van der Waals surface area (Å²) in [6.07, 6.45) is 10.3. The van der Waals surface area contributed by atoms with Gasteiger partial charge in [0.25, 0.3) is 0 Å². The second kappa shape index (κ2) is 4.63. The number of nitrogens with zero attached hydrogens (tertiary/aromatic N) is 1. The van der Waals surface area contributed by atoms with Crippen molar-refractivity contribution in [3.8, 4) is 0 Å². The van der Waals surface area contributed by atoms with Crippen LogP contribution < -0.4 is 0 Å². The predicted octanol–water partition coefficient (Wildman–Crippen LogP) is 2.16. The fourth-order valence-corrected chi connectivity index (χ4v) is 3.16. The quantitative estimate of drug-likeness (QED) is 0.733. The maximum absolute atomic E-state index is 9.85.